The van der Waals surface area contributed by atoms with Gasteiger partial charge in [-0.15, -0.1) is 6.42 Å². The Bertz CT molecular complexity index is 783. The molecule has 0 radical (unpaired) electrons. The molecule has 0 saturated heterocycles. The van der Waals surface area contributed by atoms with Crippen molar-refractivity contribution in [2.75, 3.05) is 13.7 Å². The number of rotatable bonds is 6. The van der Waals surface area contributed by atoms with Gasteiger partial charge in [0.2, 0.25) is 0 Å². The molecule has 0 aliphatic carbocycles. The summed E-state index contributed by atoms with van der Waals surface area (Å²) in [5.74, 6) is 2.00. The van der Waals surface area contributed by atoms with Gasteiger partial charge in [-0.25, -0.2) is 9.18 Å². The number of esters is 1. The Morgan fingerprint density at radius 1 is 1.25 bits per heavy atom. The van der Waals surface area contributed by atoms with E-state index in [1.165, 1.54) is 37.4 Å². The van der Waals surface area contributed by atoms with E-state index in [0.717, 1.165) is 0 Å². The van der Waals surface area contributed by atoms with E-state index < -0.39 is 11.8 Å². The minimum atomic E-state index is -0.556. The molecule has 0 fully saturated rings. The van der Waals surface area contributed by atoms with Crippen molar-refractivity contribution in [2.45, 2.75) is 6.61 Å². The molecule has 124 valence electrons. The fourth-order valence-electron chi connectivity index (χ4n) is 1.90. The first-order valence-electron chi connectivity index (χ1n) is 6.90. The van der Waals surface area contributed by atoms with Crippen molar-refractivity contribution in [3.8, 4) is 23.8 Å². The summed E-state index contributed by atoms with van der Waals surface area (Å²) in [5.41, 5.74) is 0.909. The predicted molar refractivity (Wildman–Crippen MR) is 87.9 cm³/mol. The molecule has 2 rings (SSSR count). The fraction of sp³-hybridized carbons (Fsp3) is 0.167. The number of halogens is 2. The van der Waals surface area contributed by atoms with Gasteiger partial charge in [0.15, 0.2) is 18.1 Å². The lowest BCUT2D eigenvalue weighted by Crippen LogP contribution is -2.06. The van der Waals surface area contributed by atoms with Gasteiger partial charge in [0.1, 0.15) is 12.4 Å². The van der Waals surface area contributed by atoms with Gasteiger partial charge in [-0.2, -0.15) is 0 Å². The number of hydrogen-bond acceptors (Lipinski definition) is 4. The molecule has 0 aliphatic heterocycles. The van der Waals surface area contributed by atoms with Crippen molar-refractivity contribution in [3.05, 3.63) is 58.4 Å². The predicted octanol–water partition coefficient (Wildman–Crippen LogP) is 3.86. The van der Waals surface area contributed by atoms with E-state index in [1.54, 1.807) is 6.07 Å². The molecule has 4 nitrogen and oxygen atoms in total. The molecule has 0 atom stereocenters. The Kier molecular flexibility index (Phi) is 6.05. The van der Waals surface area contributed by atoms with Crippen LogP contribution in [-0.2, 0) is 11.3 Å². The van der Waals surface area contributed by atoms with Crippen molar-refractivity contribution < 1.29 is 23.4 Å². The van der Waals surface area contributed by atoms with Crippen LogP contribution in [0.15, 0.2) is 36.4 Å². The van der Waals surface area contributed by atoms with Crippen LogP contribution in [0.2, 0.25) is 5.02 Å². The Hall–Kier alpha value is -2.71. The molecule has 0 unspecified atom stereocenters. The molecule has 0 aromatic heterocycles. The van der Waals surface area contributed by atoms with Crippen molar-refractivity contribution >= 4 is 17.6 Å². The number of terminal acetylenes is 1. The fourth-order valence-corrected chi connectivity index (χ4v) is 2.12. The third-order valence-electron chi connectivity index (χ3n) is 3.08. The third kappa shape index (κ3) is 4.40. The molecule has 0 heterocycles. The van der Waals surface area contributed by atoms with Gasteiger partial charge in [0.05, 0.1) is 17.7 Å². The molecule has 2 aromatic carbocycles. The molecule has 0 bridgehead atoms. The Labute approximate surface area is 144 Å². The quantitative estimate of drug-likeness (QED) is 0.587. The lowest BCUT2D eigenvalue weighted by molar-refractivity contribution is 0.0556. The maximum atomic E-state index is 13.0. The molecular formula is C18H14ClFO4. The van der Waals surface area contributed by atoms with Crippen LogP contribution in [-0.4, -0.2) is 19.7 Å². The monoisotopic (exact) mass is 348 g/mol. The zero-order valence-corrected chi connectivity index (χ0v) is 13.6. The van der Waals surface area contributed by atoms with Gasteiger partial charge in [-0.1, -0.05) is 23.6 Å². The van der Waals surface area contributed by atoms with Gasteiger partial charge in [-0.05, 0) is 30.3 Å². The second kappa shape index (κ2) is 8.23. The molecular weight excluding hydrogens is 335 g/mol. The standard InChI is InChI=1S/C18H14ClFO4/c1-3-8-23-18(21)12-5-7-16(17(9-12)22-2)24-11-13-4-6-14(20)10-15(13)19/h1,4-7,9-10H,8,11H2,2H3. The van der Waals surface area contributed by atoms with Crippen molar-refractivity contribution in [3.63, 3.8) is 0 Å². The Balaban J connectivity index is 2.13. The molecule has 2 aromatic rings. The SMILES string of the molecule is C#CCOC(=O)c1ccc(OCc2ccc(F)cc2Cl)c(OC)c1. The minimum absolute atomic E-state index is 0.109. The highest BCUT2D eigenvalue weighted by atomic mass is 35.5. The first-order chi connectivity index (χ1) is 11.5. The van der Waals surface area contributed by atoms with E-state index in [1.807, 2.05) is 0 Å². The maximum absolute atomic E-state index is 13.0. The zero-order valence-electron chi connectivity index (χ0n) is 12.8. The van der Waals surface area contributed by atoms with Crippen molar-refractivity contribution in [1.29, 1.82) is 0 Å². The summed E-state index contributed by atoms with van der Waals surface area (Å²) in [4.78, 5) is 11.8. The van der Waals surface area contributed by atoms with E-state index in [9.17, 15) is 9.18 Å². The lowest BCUT2D eigenvalue weighted by atomic mass is 10.2. The van der Waals surface area contributed by atoms with Crippen LogP contribution in [0.25, 0.3) is 0 Å². The summed E-state index contributed by atoms with van der Waals surface area (Å²) in [6, 6.07) is 8.64. The average Bonchev–Trinajstić information content (AvgIpc) is 2.58. The molecule has 0 amide bonds. The van der Waals surface area contributed by atoms with Crippen LogP contribution in [0.4, 0.5) is 4.39 Å². The summed E-state index contributed by atoms with van der Waals surface area (Å²) in [7, 11) is 1.45. The topological polar surface area (TPSA) is 44.8 Å². The van der Waals surface area contributed by atoms with Crippen LogP contribution in [0, 0.1) is 18.2 Å². The molecule has 6 heteroatoms. The van der Waals surface area contributed by atoms with Gasteiger partial charge in [0.25, 0.3) is 0 Å². The summed E-state index contributed by atoms with van der Waals surface area (Å²) < 4.78 is 28.7. The average molecular weight is 349 g/mol. The largest absolute Gasteiger partial charge is 0.493 e. The van der Waals surface area contributed by atoms with E-state index in [-0.39, 0.29) is 23.8 Å². The first kappa shape index (κ1) is 17.6. The summed E-state index contributed by atoms with van der Waals surface area (Å²) in [6.45, 7) is 0.0127. The molecule has 0 saturated carbocycles. The highest BCUT2D eigenvalue weighted by molar-refractivity contribution is 6.31. The molecule has 0 N–H and O–H groups in total. The highest BCUT2D eigenvalue weighted by Gasteiger charge is 2.13. The second-order valence-electron chi connectivity index (χ2n) is 4.67. The third-order valence-corrected chi connectivity index (χ3v) is 3.44. The molecule has 0 spiro atoms. The van der Waals surface area contributed by atoms with Crippen molar-refractivity contribution in [1.82, 2.24) is 0 Å². The van der Waals surface area contributed by atoms with Crippen LogP contribution < -0.4 is 9.47 Å². The van der Waals surface area contributed by atoms with E-state index in [0.29, 0.717) is 17.1 Å². The highest BCUT2D eigenvalue weighted by Crippen LogP contribution is 2.30. The van der Waals surface area contributed by atoms with Gasteiger partial charge >= 0.3 is 5.97 Å². The smallest absolute Gasteiger partial charge is 0.339 e. The molecule has 24 heavy (non-hydrogen) atoms. The summed E-state index contributed by atoms with van der Waals surface area (Å²) in [5, 5.41) is 0.267. The number of benzene rings is 2. The van der Waals surface area contributed by atoms with Crippen LogP contribution in [0.3, 0.4) is 0 Å². The van der Waals surface area contributed by atoms with E-state index in [4.69, 9.17) is 32.2 Å². The van der Waals surface area contributed by atoms with Gasteiger partial charge in [-0.3, -0.25) is 0 Å². The van der Waals surface area contributed by atoms with E-state index >= 15 is 0 Å². The van der Waals surface area contributed by atoms with Crippen LogP contribution >= 0.6 is 11.6 Å². The van der Waals surface area contributed by atoms with Crippen LogP contribution in [0.5, 0.6) is 11.5 Å². The number of carbonyl (C=O) groups is 1. The number of carbonyl (C=O) groups excluding carboxylic acids is 1. The Morgan fingerprint density at radius 3 is 2.71 bits per heavy atom. The maximum Gasteiger partial charge on any atom is 0.339 e. The van der Waals surface area contributed by atoms with Crippen molar-refractivity contribution in [2.24, 2.45) is 0 Å². The zero-order chi connectivity index (χ0) is 17.5. The van der Waals surface area contributed by atoms with Gasteiger partial charge in [0, 0.05) is 5.56 Å². The number of ether oxygens (including phenoxy) is 3. The van der Waals surface area contributed by atoms with Gasteiger partial charge < -0.3 is 14.2 Å². The minimum Gasteiger partial charge on any atom is -0.493 e. The number of hydrogen-bond donors (Lipinski definition) is 0. The summed E-state index contributed by atoms with van der Waals surface area (Å²) >= 11 is 5.96. The Morgan fingerprint density at radius 2 is 2.04 bits per heavy atom. The lowest BCUT2D eigenvalue weighted by Gasteiger charge is -2.12. The molecule has 0 aliphatic rings. The van der Waals surface area contributed by atoms with E-state index in [2.05, 4.69) is 5.92 Å². The normalized spacial score (nSPS) is 9.92. The summed E-state index contributed by atoms with van der Waals surface area (Å²) in [6.07, 6.45) is 5.05. The van der Waals surface area contributed by atoms with Crippen LogP contribution in [0.1, 0.15) is 15.9 Å². The number of methoxy groups -OCH3 is 1. The first-order valence-corrected chi connectivity index (χ1v) is 7.28. The second-order valence-corrected chi connectivity index (χ2v) is 5.08.